The van der Waals surface area contributed by atoms with E-state index >= 15 is 0 Å². The summed E-state index contributed by atoms with van der Waals surface area (Å²) in [5.74, 6) is 0. The van der Waals surface area contributed by atoms with Crippen LogP contribution < -0.4 is 0 Å². The number of aromatic nitrogens is 2. The maximum absolute atomic E-state index is 9.02. The van der Waals surface area contributed by atoms with E-state index in [1.165, 1.54) is 5.69 Å². The lowest BCUT2D eigenvalue weighted by atomic mass is 10.2. The van der Waals surface area contributed by atoms with Crippen molar-refractivity contribution < 1.29 is 9.84 Å². The Balaban J connectivity index is 1.92. The zero-order valence-electron chi connectivity index (χ0n) is 8.96. The second kappa shape index (κ2) is 4.74. The van der Waals surface area contributed by atoms with Crippen molar-refractivity contribution in [2.24, 2.45) is 7.05 Å². The highest BCUT2D eigenvalue weighted by molar-refractivity contribution is 4.97. The molecule has 5 nitrogen and oxygen atoms in total. The van der Waals surface area contributed by atoms with Gasteiger partial charge in [-0.2, -0.15) is 0 Å². The summed E-state index contributed by atoms with van der Waals surface area (Å²) in [6.07, 6.45) is 3.65. The largest absolute Gasteiger partial charge is 0.394 e. The minimum atomic E-state index is -0.0352. The van der Waals surface area contributed by atoms with Gasteiger partial charge in [0.25, 0.3) is 0 Å². The molecule has 1 aromatic rings. The monoisotopic (exact) mass is 211 g/mol. The Morgan fingerprint density at radius 3 is 3.20 bits per heavy atom. The molecule has 1 N–H and O–H groups in total. The second-order valence-electron chi connectivity index (χ2n) is 3.91. The molecular formula is C10H17N3O2. The first kappa shape index (κ1) is 10.6. The third-order valence-corrected chi connectivity index (χ3v) is 2.73. The van der Waals surface area contributed by atoms with Gasteiger partial charge in [-0.25, -0.2) is 4.98 Å². The molecule has 1 aromatic heterocycles. The number of morpholine rings is 1. The van der Waals surface area contributed by atoms with E-state index in [0.29, 0.717) is 6.61 Å². The second-order valence-corrected chi connectivity index (χ2v) is 3.91. The molecule has 1 saturated heterocycles. The van der Waals surface area contributed by atoms with Gasteiger partial charge >= 0.3 is 0 Å². The van der Waals surface area contributed by atoms with Crippen LogP contribution in [0, 0.1) is 0 Å². The molecule has 0 saturated carbocycles. The number of aryl methyl sites for hydroxylation is 1. The molecule has 15 heavy (non-hydrogen) atoms. The predicted octanol–water partition coefficient (Wildman–Crippen LogP) is -0.387. The van der Waals surface area contributed by atoms with Crippen molar-refractivity contribution in [2.75, 3.05) is 26.3 Å². The summed E-state index contributed by atoms with van der Waals surface area (Å²) in [4.78, 5) is 6.36. The Kier molecular flexibility index (Phi) is 3.35. The highest BCUT2D eigenvalue weighted by Gasteiger charge is 2.20. The summed E-state index contributed by atoms with van der Waals surface area (Å²) >= 11 is 0. The maximum atomic E-state index is 9.02. The average Bonchev–Trinajstić information content (AvgIpc) is 2.65. The van der Waals surface area contributed by atoms with Crippen molar-refractivity contribution in [1.29, 1.82) is 0 Å². The van der Waals surface area contributed by atoms with Crippen molar-refractivity contribution in [3.05, 3.63) is 18.2 Å². The molecule has 0 spiro atoms. The van der Waals surface area contributed by atoms with Gasteiger partial charge in [0.15, 0.2) is 0 Å². The number of rotatable bonds is 3. The minimum Gasteiger partial charge on any atom is -0.394 e. The van der Waals surface area contributed by atoms with E-state index in [-0.39, 0.29) is 12.7 Å². The van der Waals surface area contributed by atoms with Gasteiger partial charge in [0.05, 0.1) is 31.3 Å². The maximum Gasteiger partial charge on any atom is 0.0945 e. The van der Waals surface area contributed by atoms with Gasteiger partial charge in [-0.15, -0.1) is 0 Å². The van der Waals surface area contributed by atoms with Crippen LogP contribution in [-0.4, -0.2) is 52.0 Å². The first-order chi connectivity index (χ1) is 7.29. The summed E-state index contributed by atoms with van der Waals surface area (Å²) in [5.41, 5.74) is 1.19. The van der Waals surface area contributed by atoms with E-state index in [0.717, 1.165) is 19.6 Å². The van der Waals surface area contributed by atoms with Crippen LogP contribution in [-0.2, 0) is 18.3 Å². The molecule has 2 heterocycles. The number of aliphatic hydroxyl groups is 1. The molecular weight excluding hydrogens is 194 g/mol. The summed E-state index contributed by atoms with van der Waals surface area (Å²) in [6, 6.07) is 0. The van der Waals surface area contributed by atoms with Crippen LogP contribution in [0.4, 0.5) is 0 Å². The van der Waals surface area contributed by atoms with Gasteiger partial charge in [0.1, 0.15) is 0 Å². The zero-order valence-corrected chi connectivity index (χ0v) is 8.96. The molecule has 1 aliphatic heterocycles. The Hall–Kier alpha value is -0.910. The van der Waals surface area contributed by atoms with Gasteiger partial charge in [-0.3, -0.25) is 4.90 Å². The molecule has 0 aliphatic carbocycles. The lowest BCUT2D eigenvalue weighted by Gasteiger charge is -2.31. The highest BCUT2D eigenvalue weighted by atomic mass is 16.5. The van der Waals surface area contributed by atoms with Crippen molar-refractivity contribution in [1.82, 2.24) is 14.5 Å². The Morgan fingerprint density at radius 1 is 1.67 bits per heavy atom. The molecule has 1 aliphatic rings. The number of ether oxygens (including phenoxy) is 1. The van der Waals surface area contributed by atoms with E-state index in [1.54, 1.807) is 6.33 Å². The Morgan fingerprint density at radius 2 is 2.53 bits per heavy atom. The molecule has 1 unspecified atom stereocenters. The molecule has 1 atom stereocenters. The summed E-state index contributed by atoms with van der Waals surface area (Å²) < 4.78 is 7.41. The Labute approximate surface area is 89.3 Å². The number of hydrogen-bond donors (Lipinski definition) is 1. The first-order valence-corrected chi connectivity index (χ1v) is 5.19. The quantitative estimate of drug-likeness (QED) is 0.740. The molecule has 1 fully saturated rings. The van der Waals surface area contributed by atoms with Crippen LogP contribution in [0.25, 0.3) is 0 Å². The smallest absolute Gasteiger partial charge is 0.0945 e. The van der Waals surface area contributed by atoms with Crippen molar-refractivity contribution >= 4 is 0 Å². The van der Waals surface area contributed by atoms with Crippen LogP contribution in [0.15, 0.2) is 12.5 Å². The molecule has 0 amide bonds. The number of imidazole rings is 1. The van der Waals surface area contributed by atoms with Crippen LogP contribution in [0.2, 0.25) is 0 Å². The van der Waals surface area contributed by atoms with E-state index in [2.05, 4.69) is 9.88 Å². The van der Waals surface area contributed by atoms with Crippen LogP contribution >= 0.6 is 0 Å². The Bertz CT molecular complexity index is 313. The fourth-order valence-corrected chi connectivity index (χ4v) is 1.80. The fraction of sp³-hybridized carbons (Fsp3) is 0.700. The lowest BCUT2D eigenvalue weighted by Crippen LogP contribution is -2.43. The van der Waals surface area contributed by atoms with Crippen molar-refractivity contribution in [2.45, 2.75) is 12.6 Å². The molecule has 0 aromatic carbocycles. The zero-order chi connectivity index (χ0) is 10.7. The third kappa shape index (κ3) is 2.56. The number of aliphatic hydroxyl groups excluding tert-OH is 1. The van der Waals surface area contributed by atoms with E-state index in [4.69, 9.17) is 9.84 Å². The van der Waals surface area contributed by atoms with Gasteiger partial charge in [-0.05, 0) is 0 Å². The molecule has 84 valence electrons. The van der Waals surface area contributed by atoms with Crippen LogP contribution in [0.3, 0.4) is 0 Å². The highest BCUT2D eigenvalue weighted by Crippen LogP contribution is 2.09. The van der Waals surface area contributed by atoms with Crippen LogP contribution in [0.1, 0.15) is 5.69 Å². The van der Waals surface area contributed by atoms with E-state index in [9.17, 15) is 0 Å². The average molecular weight is 211 g/mol. The lowest BCUT2D eigenvalue weighted by molar-refractivity contribution is -0.0555. The molecule has 0 radical (unpaired) electrons. The van der Waals surface area contributed by atoms with Crippen molar-refractivity contribution in [3.8, 4) is 0 Å². The first-order valence-electron chi connectivity index (χ1n) is 5.19. The van der Waals surface area contributed by atoms with Gasteiger partial charge < -0.3 is 14.4 Å². The molecule has 2 rings (SSSR count). The van der Waals surface area contributed by atoms with E-state index < -0.39 is 0 Å². The van der Waals surface area contributed by atoms with Gasteiger partial charge in [-0.1, -0.05) is 0 Å². The van der Waals surface area contributed by atoms with Gasteiger partial charge in [0, 0.05) is 32.9 Å². The standard InChI is InChI=1S/C10H17N3O2/c1-12-8-11-4-9(12)5-13-2-3-15-10(6-13)7-14/h4,8,10,14H,2-3,5-7H2,1H3. The van der Waals surface area contributed by atoms with Crippen molar-refractivity contribution in [3.63, 3.8) is 0 Å². The molecule has 5 heteroatoms. The minimum absolute atomic E-state index is 0.0352. The SMILES string of the molecule is Cn1cncc1CN1CCOC(CO)C1. The molecule has 0 bridgehead atoms. The summed E-state index contributed by atoms with van der Waals surface area (Å²) in [5, 5.41) is 9.02. The predicted molar refractivity (Wildman–Crippen MR) is 55.3 cm³/mol. The van der Waals surface area contributed by atoms with E-state index in [1.807, 2.05) is 17.8 Å². The third-order valence-electron chi connectivity index (χ3n) is 2.73. The summed E-state index contributed by atoms with van der Waals surface area (Å²) in [6.45, 7) is 3.38. The fourth-order valence-electron chi connectivity index (χ4n) is 1.80. The normalized spacial score (nSPS) is 23.2. The van der Waals surface area contributed by atoms with Crippen LogP contribution in [0.5, 0.6) is 0 Å². The number of nitrogens with zero attached hydrogens (tertiary/aromatic N) is 3. The van der Waals surface area contributed by atoms with Gasteiger partial charge in [0.2, 0.25) is 0 Å². The summed E-state index contributed by atoms with van der Waals surface area (Å²) in [7, 11) is 1.99. The topological polar surface area (TPSA) is 50.5 Å². The number of hydrogen-bond acceptors (Lipinski definition) is 4.